The molecule has 2 aliphatic rings. The third-order valence-electron chi connectivity index (χ3n) is 5.53. The molecule has 0 aliphatic carbocycles. The Morgan fingerprint density at radius 3 is 2.41 bits per heavy atom. The zero-order chi connectivity index (χ0) is 18.3. The predicted molar refractivity (Wildman–Crippen MR) is 108 cm³/mol. The summed E-state index contributed by atoms with van der Waals surface area (Å²) >= 11 is 0. The molecular formula is C24H29NO2. The summed E-state index contributed by atoms with van der Waals surface area (Å²) in [5.41, 5.74) is 4.22. The summed E-state index contributed by atoms with van der Waals surface area (Å²) in [6, 6.07) is 22.1. The van der Waals surface area contributed by atoms with Gasteiger partial charge >= 0.3 is 0 Å². The fourth-order valence-corrected chi connectivity index (χ4v) is 4.14. The number of rotatable bonds is 8. The van der Waals surface area contributed by atoms with Gasteiger partial charge < -0.3 is 9.47 Å². The Hall–Kier alpha value is -1.94. The van der Waals surface area contributed by atoms with Gasteiger partial charge in [-0.15, -0.1) is 0 Å². The molecule has 4 rings (SSSR count). The Balaban J connectivity index is 1.26. The summed E-state index contributed by atoms with van der Waals surface area (Å²) in [7, 11) is 0. The molecular weight excluding hydrogens is 334 g/mol. The first-order valence-corrected chi connectivity index (χ1v) is 10.1. The molecule has 1 saturated heterocycles. The molecule has 0 saturated carbocycles. The van der Waals surface area contributed by atoms with Crippen LogP contribution in [0.5, 0.6) is 0 Å². The van der Waals surface area contributed by atoms with E-state index in [4.69, 9.17) is 9.47 Å². The van der Waals surface area contributed by atoms with Gasteiger partial charge in [0.25, 0.3) is 0 Å². The van der Waals surface area contributed by atoms with Crippen LogP contribution in [0.3, 0.4) is 0 Å². The number of hydrogen-bond acceptors (Lipinski definition) is 3. The highest BCUT2D eigenvalue weighted by Gasteiger charge is 2.34. The van der Waals surface area contributed by atoms with E-state index in [2.05, 4.69) is 65.6 Å². The number of fused-ring (bicyclic) bond motifs is 2. The summed E-state index contributed by atoms with van der Waals surface area (Å²) in [4.78, 5) is 2.62. The van der Waals surface area contributed by atoms with E-state index >= 15 is 0 Å². The Kier molecular flexibility index (Phi) is 6.36. The zero-order valence-electron chi connectivity index (χ0n) is 15.9. The van der Waals surface area contributed by atoms with Crippen LogP contribution in [0.25, 0.3) is 0 Å². The Morgan fingerprint density at radius 2 is 1.67 bits per heavy atom. The van der Waals surface area contributed by atoms with Gasteiger partial charge in [-0.1, -0.05) is 72.3 Å². The van der Waals surface area contributed by atoms with Gasteiger partial charge in [-0.3, -0.25) is 4.90 Å². The van der Waals surface area contributed by atoms with Gasteiger partial charge in [-0.2, -0.15) is 0 Å². The van der Waals surface area contributed by atoms with Crippen LogP contribution < -0.4 is 0 Å². The molecule has 0 N–H and O–H groups in total. The lowest BCUT2D eigenvalue weighted by Crippen LogP contribution is -2.53. The number of nitrogens with zero attached hydrogens (tertiary/aromatic N) is 1. The van der Waals surface area contributed by atoms with Crippen LogP contribution in [0, 0.1) is 0 Å². The lowest BCUT2D eigenvalue weighted by atomic mass is 9.91. The standard InChI is InChI=1S/C24H29NO2/c1-3-8-20(9-4-1)16-25-23-14-22(15-24(25)19-27-18-23)12-7-13-26-17-21-10-5-2-6-11-21/h1-6,8-11,14,23-24H,7,12-13,15-19H2. The van der Waals surface area contributed by atoms with Crippen molar-refractivity contribution in [1.29, 1.82) is 0 Å². The van der Waals surface area contributed by atoms with Crippen molar-refractivity contribution in [3.8, 4) is 0 Å². The third kappa shape index (κ3) is 5.07. The molecule has 0 amide bonds. The number of hydrogen-bond donors (Lipinski definition) is 0. The number of ether oxygens (including phenoxy) is 2. The van der Waals surface area contributed by atoms with Crippen LogP contribution in [-0.4, -0.2) is 36.8 Å². The molecule has 2 aliphatic heterocycles. The Morgan fingerprint density at radius 1 is 0.926 bits per heavy atom. The maximum Gasteiger partial charge on any atom is 0.0716 e. The second-order valence-corrected chi connectivity index (χ2v) is 7.59. The quantitative estimate of drug-likeness (QED) is 0.506. The number of benzene rings is 2. The molecule has 0 spiro atoms. The van der Waals surface area contributed by atoms with E-state index in [1.807, 2.05) is 6.07 Å². The van der Waals surface area contributed by atoms with Crippen molar-refractivity contribution in [3.63, 3.8) is 0 Å². The molecule has 2 atom stereocenters. The average molecular weight is 364 g/mol. The van der Waals surface area contributed by atoms with Crippen molar-refractivity contribution >= 4 is 0 Å². The summed E-state index contributed by atoms with van der Waals surface area (Å²) in [6.07, 6.45) is 5.82. The van der Waals surface area contributed by atoms with Gasteiger partial charge in [0.2, 0.25) is 0 Å². The first-order chi connectivity index (χ1) is 13.4. The predicted octanol–water partition coefficient (Wildman–Crippen LogP) is 4.58. The molecule has 0 radical (unpaired) electrons. The van der Waals surface area contributed by atoms with E-state index in [0.717, 1.165) is 45.6 Å². The van der Waals surface area contributed by atoms with E-state index < -0.39 is 0 Å². The van der Waals surface area contributed by atoms with Crippen LogP contribution in [0.15, 0.2) is 72.3 Å². The van der Waals surface area contributed by atoms with E-state index in [1.165, 1.54) is 11.1 Å². The van der Waals surface area contributed by atoms with Crippen molar-refractivity contribution in [2.45, 2.75) is 44.5 Å². The molecule has 27 heavy (non-hydrogen) atoms. The number of morpholine rings is 1. The van der Waals surface area contributed by atoms with Crippen LogP contribution in [0.2, 0.25) is 0 Å². The van der Waals surface area contributed by atoms with Crippen molar-refractivity contribution < 1.29 is 9.47 Å². The van der Waals surface area contributed by atoms with Crippen LogP contribution >= 0.6 is 0 Å². The maximum absolute atomic E-state index is 5.84. The van der Waals surface area contributed by atoms with Crippen molar-refractivity contribution in [2.24, 2.45) is 0 Å². The molecule has 2 heterocycles. The molecule has 0 aromatic heterocycles. The highest BCUT2D eigenvalue weighted by atomic mass is 16.5. The fourth-order valence-electron chi connectivity index (χ4n) is 4.14. The second-order valence-electron chi connectivity index (χ2n) is 7.59. The molecule has 2 aromatic carbocycles. The molecule has 3 heteroatoms. The van der Waals surface area contributed by atoms with Crippen LogP contribution in [0.1, 0.15) is 30.4 Å². The van der Waals surface area contributed by atoms with Gasteiger partial charge in [-0.25, -0.2) is 0 Å². The van der Waals surface area contributed by atoms with Crippen molar-refractivity contribution in [1.82, 2.24) is 4.90 Å². The first-order valence-electron chi connectivity index (χ1n) is 10.1. The monoisotopic (exact) mass is 363 g/mol. The van der Waals surface area contributed by atoms with Gasteiger partial charge in [0.15, 0.2) is 0 Å². The van der Waals surface area contributed by atoms with E-state index in [9.17, 15) is 0 Å². The molecule has 2 bridgehead atoms. The molecule has 3 nitrogen and oxygen atoms in total. The fraction of sp³-hybridized carbons (Fsp3) is 0.417. The smallest absolute Gasteiger partial charge is 0.0716 e. The lowest BCUT2D eigenvalue weighted by Gasteiger charge is -2.45. The summed E-state index contributed by atoms with van der Waals surface area (Å²) in [5, 5.41) is 0. The van der Waals surface area contributed by atoms with Crippen molar-refractivity contribution in [2.75, 3.05) is 19.8 Å². The highest BCUT2D eigenvalue weighted by Crippen LogP contribution is 2.30. The molecule has 142 valence electrons. The lowest BCUT2D eigenvalue weighted by molar-refractivity contribution is -0.0443. The van der Waals surface area contributed by atoms with Crippen LogP contribution in [-0.2, 0) is 22.6 Å². The van der Waals surface area contributed by atoms with E-state index in [-0.39, 0.29) is 0 Å². The van der Waals surface area contributed by atoms with Gasteiger partial charge in [-0.05, 0) is 30.4 Å². The topological polar surface area (TPSA) is 21.7 Å². The molecule has 2 aromatic rings. The van der Waals surface area contributed by atoms with Crippen LogP contribution in [0.4, 0.5) is 0 Å². The van der Waals surface area contributed by atoms with Gasteiger partial charge in [0.1, 0.15) is 0 Å². The minimum atomic E-state index is 0.415. The minimum Gasteiger partial charge on any atom is -0.378 e. The van der Waals surface area contributed by atoms with E-state index in [1.54, 1.807) is 5.57 Å². The molecule has 2 unspecified atom stereocenters. The average Bonchev–Trinajstić information content (AvgIpc) is 2.70. The summed E-state index contributed by atoms with van der Waals surface area (Å²) < 4.78 is 11.7. The normalized spacial score (nSPS) is 22.4. The molecule has 1 fully saturated rings. The minimum absolute atomic E-state index is 0.415. The Labute approximate surface area is 162 Å². The second kappa shape index (κ2) is 9.32. The van der Waals surface area contributed by atoms with Gasteiger partial charge in [0, 0.05) is 19.2 Å². The third-order valence-corrected chi connectivity index (χ3v) is 5.53. The highest BCUT2D eigenvalue weighted by molar-refractivity contribution is 5.20. The zero-order valence-corrected chi connectivity index (χ0v) is 15.9. The van der Waals surface area contributed by atoms with Crippen molar-refractivity contribution in [3.05, 3.63) is 83.4 Å². The van der Waals surface area contributed by atoms with Gasteiger partial charge in [0.05, 0.1) is 25.9 Å². The summed E-state index contributed by atoms with van der Waals surface area (Å²) in [5.74, 6) is 0. The SMILES string of the molecule is C1=C(CCCOCc2ccccc2)CC2COCC1N2Cc1ccccc1. The largest absolute Gasteiger partial charge is 0.378 e. The summed E-state index contributed by atoms with van der Waals surface area (Å²) in [6.45, 7) is 4.22. The van der Waals surface area contributed by atoms with E-state index in [0.29, 0.717) is 18.7 Å². The maximum atomic E-state index is 5.84. The first kappa shape index (κ1) is 18.4. The Bertz CT molecular complexity index is 729.